The van der Waals surface area contributed by atoms with Crippen LogP contribution in [0.25, 0.3) is 0 Å². The number of ether oxygens (including phenoxy) is 1. The number of hydrogen-bond acceptors (Lipinski definition) is 4. The molecule has 0 aliphatic carbocycles. The van der Waals surface area contributed by atoms with Crippen molar-refractivity contribution in [2.24, 2.45) is 0 Å². The van der Waals surface area contributed by atoms with E-state index < -0.39 is 0 Å². The fraction of sp³-hybridized carbons (Fsp3) is 0.412. The van der Waals surface area contributed by atoms with Crippen LogP contribution in [-0.2, 0) is 11.3 Å². The average molecular weight is 314 g/mol. The molecule has 1 aromatic heterocycles. The Morgan fingerprint density at radius 3 is 2.74 bits per heavy atom. The van der Waals surface area contributed by atoms with E-state index in [0.29, 0.717) is 0 Å². The number of nitrogens with one attached hydrogen (secondary N) is 1. The Bertz CT molecular complexity index is 639. The zero-order chi connectivity index (χ0) is 16.2. The van der Waals surface area contributed by atoms with E-state index in [0.717, 1.165) is 43.3 Å². The summed E-state index contributed by atoms with van der Waals surface area (Å²) in [4.78, 5) is 23.7. The zero-order valence-electron chi connectivity index (χ0n) is 13.5. The Hall–Kier alpha value is -2.34. The summed E-state index contributed by atoms with van der Waals surface area (Å²) in [6.45, 7) is 4.79. The molecule has 122 valence electrons. The van der Waals surface area contributed by atoms with Gasteiger partial charge in [-0.15, -0.1) is 0 Å². The first-order chi connectivity index (χ1) is 11.2. The van der Waals surface area contributed by atoms with Crippen molar-refractivity contribution in [1.82, 2.24) is 19.8 Å². The molecule has 1 aromatic carbocycles. The molecule has 2 aromatic rings. The first kappa shape index (κ1) is 15.6. The summed E-state index contributed by atoms with van der Waals surface area (Å²) in [5.74, 6) is 1.89. The van der Waals surface area contributed by atoms with E-state index in [1.807, 2.05) is 35.4 Å². The van der Waals surface area contributed by atoms with Gasteiger partial charge in [-0.2, -0.15) is 0 Å². The number of hydrogen-bond donors (Lipinski definition) is 1. The summed E-state index contributed by atoms with van der Waals surface area (Å²) in [5, 5.41) is 0. The van der Waals surface area contributed by atoms with E-state index in [9.17, 15) is 4.79 Å². The lowest BCUT2D eigenvalue weighted by Crippen LogP contribution is -2.49. The van der Waals surface area contributed by atoms with Crippen molar-refractivity contribution in [2.75, 3.05) is 26.7 Å². The Morgan fingerprint density at radius 1 is 1.35 bits per heavy atom. The van der Waals surface area contributed by atoms with Crippen molar-refractivity contribution in [3.63, 3.8) is 0 Å². The summed E-state index contributed by atoms with van der Waals surface area (Å²) in [7, 11) is 1.66. The molecule has 2 heterocycles. The SMILES string of the molecule is COc1ccc(C2CN(Cc3ncc[nH]3)CCN2C(C)=O)cc1. The van der Waals surface area contributed by atoms with Crippen LogP contribution >= 0.6 is 0 Å². The average Bonchev–Trinajstić information content (AvgIpc) is 3.07. The number of aromatic nitrogens is 2. The van der Waals surface area contributed by atoms with Crippen LogP contribution in [0.2, 0.25) is 0 Å². The molecule has 0 radical (unpaired) electrons. The molecule has 1 saturated heterocycles. The second-order valence-corrected chi connectivity index (χ2v) is 5.77. The van der Waals surface area contributed by atoms with E-state index in [-0.39, 0.29) is 11.9 Å². The van der Waals surface area contributed by atoms with Crippen LogP contribution in [0.3, 0.4) is 0 Å². The fourth-order valence-corrected chi connectivity index (χ4v) is 3.07. The van der Waals surface area contributed by atoms with Gasteiger partial charge in [0, 0.05) is 39.0 Å². The number of methoxy groups -OCH3 is 1. The number of carbonyl (C=O) groups is 1. The molecule has 6 heteroatoms. The molecule has 23 heavy (non-hydrogen) atoms. The number of benzene rings is 1. The maximum absolute atomic E-state index is 12.0. The number of aromatic amines is 1. The lowest BCUT2D eigenvalue weighted by molar-refractivity contribution is -0.134. The van der Waals surface area contributed by atoms with Gasteiger partial charge >= 0.3 is 0 Å². The summed E-state index contributed by atoms with van der Waals surface area (Å²) in [6.07, 6.45) is 3.60. The molecule has 0 spiro atoms. The smallest absolute Gasteiger partial charge is 0.220 e. The molecule has 1 unspecified atom stereocenters. The Labute approximate surface area is 136 Å². The third-order valence-electron chi connectivity index (χ3n) is 4.30. The van der Waals surface area contributed by atoms with Crippen LogP contribution in [0.1, 0.15) is 24.4 Å². The molecule has 1 amide bonds. The molecular formula is C17H22N4O2. The second-order valence-electron chi connectivity index (χ2n) is 5.77. The van der Waals surface area contributed by atoms with Crippen LogP contribution in [-0.4, -0.2) is 52.4 Å². The minimum atomic E-state index is 0.0575. The van der Waals surface area contributed by atoms with Gasteiger partial charge in [0.2, 0.25) is 5.91 Å². The Morgan fingerprint density at radius 2 is 2.13 bits per heavy atom. The second kappa shape index (κ2) is 6.83. The number of rotatable bonds is 4. The number of piperazine rings is 1. The molecule has 0 bridgehead atoms. The number of amides is 1. The highest BCUT2D eigenvalue weighted by Crippen LogP contribution is 2.27. The minimum Gasteiger partial charge on any atom is -0.497 e. The fourth-order valence-electron chi connectivity index (χ4n) is 3.07. The lowest BCUT2D eigenvalue weighted by Gasteiger charge is -2.41. The Balaban J connectivity index is 1.78. The number of carbonyl (C=O) groups excluding carboxylic acids is 1. The van der Waals surface area contributed by atoms with Gasteiger partial charge in [-0.25, -0.2) is 4.98 Å². The molecule has 1 N–H and O–H groups in total. The van der Waals surface area contributed by atoms with Crippen molar-refractivity contribution in [1.29, 1.82) is 0 Å². The van der Waals surface area contributed by atoms with Gasteiger partial charge in [0.15, 0.2) is 0 Å². The summed E-state index contributed by atoms with van der Waals surface area (Å²) in [5.41, 5.74) is 1.13. The van der Waals surface area contributed by atoms with Gasteiger partial charge in [0.05, 0.1) is 19.7 Å². The highest BCUT2D eigenvalue weighted by atomic mass is 16.5. The third-order valence-corrected chi connectivity index (χ3v) is 4.30. The molecule has 1 aliphatic rings. The number of nitrogens with zero attached hydrogens (tertiary/aromatic N) is 3. The first-order valence-electron chi connectivity index (χ1n) is 7.79. The van der Waals surface area contributed by atoms with E-state index in [1.54, 1.807) is 20.2 Å². The summed E-state index contributed by atoms with van der Waals surface area (Å²) < 4.78 is 5.22. The van der Waals surface area contributed by atoms with Gasteiger partial charge in [-0.05, 0) is 17.7 Å². The largest absolute Gasteiger partial charge is 0.497 e. The standard InChI is InChI=1S/C17H22N4O2/c1-13(22)21-10-9-20(12-17-18-7-8-19-17)11-16(21)14-3-5-15(23-2)6-4-14/h3-8,16H,9-12H2,1-2H3,(H,18,19). The first-order valence-corrected chi connectivity index (χ1v) is 7.79. The molecule has 1 atom stereocenters. The molecule has 0 saturated carbocycles. The van der Waals surface area contributed by atoms with Crippen LogP contribution in [0, 0.1) is 0 Å². The zero-order valence-corrected chi connectivity index (χ0v) is 13.5. The Kier molecular flexibility index (Phi) is 4.62. The van der Waals surface area contributed by atoms with Gasteiger partial charge in [0.25, 0.3) is 0 Å². The van der Waals surface area contributed by atoms with Gasteiger partial charge in [-0.1, -0.05) is 12.1 Å². The predicted octanol–water partition coefficient (Wildman–Crippen LogP) is 1.82. The quantitative estimate of drug-likeness (QED) is 0.935. The van der Waals surface area contributed by atoms with Gasteiger partial charge in [0.1, 0.15) is 11.6 Å². The minimum absolute atomic E-state index is 0.0575. The van der Waals surface area contributed by atoms with E-state index >= 15 is 0 Å². The number of imidazole rings is 1. The molecule has 1 aliphatic heterocycles. The molecule has 3 rings (SSSR count). The van der Waals surface area contributed by atoms with Gasteiger partial charge < -0.3 is 14.6 Å². The van der Waals surface area contributed by atoms with E-state index in [2.05, 4.69) is 14.9 Å². The summed E-state index contributed by atoms with van der Waals surface area (Å²) in [6, 6.07) is 8.02. The predicted molar refractivity (Wildman–Crippen MR) is 87.0 cm³/mol. The van der Waals surface area contributed by atoms with Gasteiger partial charge in [-0.3, -0.25) is 9.69 Å². The van der Waals surface area contributed by atoms with E-state index in [1.165, 1.54) is 0 Å². The maximum atomic E-state index is 12.0. The summed E-state index contributed by atoms with van der Waals surface area (Å²) >= 11 is 0. The van der Waals surface area contributed by atoms with Crippen molar-refractivity contribution >= 4 is 5.91 Å². The topological polar surface area (TPSA) is 61.5 Å². The molecular weight excluding hydrogens is 292 g/mol. The van der Waals surface area contributed by atoms with Crippen LogP contribution in [0.4, 0.5) is 0 Å². The van der Waals surface area contributed by atoms with Crippen LogP contribution in [0.15, 0.2) is 36.7 Å². The lowest BCUT2D eigenvalue weighted by atomic mass is 10.0. The molecule has 1 fully saturated rings. The van der Waals surface area contributed by atoms with Crippen molar-refractivity contribution in [3.05, 3.63) is 48.0 Å². The highest BCUT2D eigenvalue weighted by molar-refractivity contribution is 5.74. The monoisotopic (exact) mass is 314 g/mol. The van der Waals surface area contributed by atoms with Crippen LogP contribution < -0.4 is 4.74 Å². The highest BCUT2D eigenvalue weighted by Gasteiger charge is 2.30. The normalized spacial score (nSPS) is 18.9. The van der Waals surface area contributed by atoms with Crippen molar-refractivity contribution in [3.8, 4) is 5.75 Å². The van der Waals surface area contributed by atoms with E-state index in [4.69, 9.17) is 4.74 Å². The molecule has 6 nitrogen and oxygen atoms in total. The van der Waals surface area contributed by atoms with Crippen molar-refractivity contribution < 1.29 is 9.53 Å². The van der Waals surface area contributed by atoms with Crippen molar-refractivity contribution in [2.45, 2.75) is 19.5 Å². The number of H-pyrrole nitrogens is 1. The third kappa shape index (κ3) is 3.53. The maximum Gasteiger partial charge on any atom is 0.220 e. The van der Waals surface area contributed by atoms with Crippen LogP contribution in [0.5, 0.6) is 5.75 Å².